The zero-order chi connectivity index (χ0) is 22.9. The first-order valence-corrected chi connectivity index (χ1v) is 12.2. The van der Waals surface area contributed by atoms with E-state index in [0.29, 0.717) is 11.6 Å². The van der Waals surface area contributed by atoms with Gasteiger partial charge in [-0.15, -0.1) is 23.1 Å². The molecule has 3 rings (SSSR count). The molecule has 1 heterocycles. The molecule has 2 N–H and O–H groups in total. The van der Waals surface area contributed by atoms with Crippen molar-refractivity contribution in [2.45, 2.75) is 43.3 Å². The van der Waals surface area contributed by atoms with Gasteiger partial charge in [-0.3, -0.25) is 9.59 Å². The summed E-state index contributed by atoms with van der Waals surface area (Å²) >= 11 is 2.85. The minimum Gasteiger partial charge on any atom is -0.497 e. The summed E-state index contributed by atoms with van der Waals surface area (Å²) in [5, 5.41) is 7.98. The third kappa shape index (κ3) is 6.83. The maximum Gasteiger partial charge on any atom is 0.239 e. The highest BCUT2D eigenvalue weighted by atomic mass is 32.2. The van der Waals surface area contributed by atoms with Gasteiger partial charge in [0.2, 0.25) is 11.8 Å². The molecule has 0 aliphatic rings. The van der Waals surface area contributed by atoms with Gasteiger partial charge < -0.3 is 15.4 Å². The number of rotatable bonds is 10. The van der Waals surface area contributed by atoms with E-state index in [9.17, 15) is 9.59 Å². The number of carbonyl (C=O) groups is 2. The summed E-state index contributed by atoms with van der Waals surface area (Å²) in [6, 6.07) is 15.2. The number of thioether (sulfide) groups is 1. The summed E-state index contributed by atoms with van der Waals surface area (Å²) in [7, 11) is 1.63. The molecule has 1 aromatic heterocycles. The molecule has 8 heteroatoms. The normalized spacial score (nSPS) is 11.6. The standard InChI is InChI=1S/C24H27N3O3S2/c1-4-5-6-22(28)25-18-9-13-20(14-10-18)32-16(2)23(29)27-24-26-21(15-31-24)17-7-11-19(30-3)12-8-17/h7-16H,4-6H2,1-3H3,(H,25,28)(H,26,27,29). The molecular formula is C24H27N3O3S2. The van der Waals surface area contributed by atoms with Crippen LogP contribution in [0, 0.1) is 0 Å². The van der Waals surface area contributed by atoms with Crippen molar-refractivity contribution in [3.63, 3.8) is 0 Å². The number of nitrogens with one attached hydrogen (secondary N) is 2. The summed E-state index contributed by atoms with van der Waals surface area (Å²) in [4.78, 5) is 29.9. The van der Waals surface area contributed by atoms with E-state index in [-0.39, 0.29) is 17.1 Å². The maximum absolute atomic E-state index is 12.6. The fourth-order valence-electron chi connectivity index (χ4n) is 2.87. The molecule has 6 nitrogen and oxygen atoms in total. The first-order valence-electron chi connectivity index (χ1n) is 10.5. The van der Waals surface area contributed by atoms with Crippen LogP contribution in [-0.2, 0) is 9.59 Å². The lowest BCUT2D eigenvalue weighted by Crippen LogP contribution is -2.22. The van der Waals surface area contributed by atoms with E-state index in [1.807, 2.05) is 60.8 Å². The van der Waals surface area contributed by atoms with E-state index in [4.69, 9.17) is 4.74 Å². The third-order valence-electron chi connectivity index (χ3n) is 4.70. The largest absolute Gasteiger partial charge is 0.497 e. The average molecular weight is 470 g/mol. The zero-order valence-electron chi connectivity index (χ0n) is 18.4. The highest BCUT2D eigenvalue weighted by molar-refractivity contribution is 8.00. The van der Waals surface area contributed by atoms with Crippen molar-refractivity contribution in [3.8, 4) is 17.0 Å². The predicted molar refractivity (Wildman–Crippen MR) is 133 cm³/mol. The Bertz CT molecular complexity index is 1030. The fourth-order valence-corrected chi connectivity index (χ4v) is 4.46. The van der Waals surface area contributed by atoms with Gasteiger partial charge in [0.15, 0.2) is 5.13 Å². The van der Waals surface area contributed by atoms with Crippen LogP contribution in [-0.4, -0.2) is 29.2 Å². The number of unbranched alkanes of at least 4 members (excludes halogenated alkanes) is 1. The molecule has 2 aromatic carbocycles. The Balaban J connectivity index is 1.52. The number of ether oxygens (including phenoxy) is 1. The number of aromatic nitrogens is 1. The second-order valence-corrected chi connectivity index (χ2v) is 9.46. The minimum absolute atomic E-state index is 0.0254. The topological polar surface area (TPSA) is 80.3 Å². The van der Waals surface area contributed by atoms with Crippen LogP contribution in [0.1, 0.15) is 33.1 Å². The van der Waals surface area contributed by atoms with E-state index in [1.54, 1.807) is 7.11 Å². The van der Waals surface area contributed by atoms with Crippen molar-refractivity contribution < 1.29 is 14.3 Å². The molecule has 3 aromatic rings. The Morgan fingerprint density at radius 2 is 1.81 bits per heavy atom. The Morgan fingerprint density at radius 3 is 2.47 bits per heavy atom. The predicted octanol–water partition coefficient (Wildman–Crippen LogP) is 6.07. The molecule has 0 saturated carbocycles. The molecule has 168 valence electrons. The number of thiazole rings is 1. The molecule has 0 spiro atoms. The first kappa shape index (κ1) is 23.8. The number of carbonyl (C=O) groups excluding carboxylic acids is 2. The van der Waals surface area contributed by atoms with Crippen molar-refractivity contribution in [1.82, 2.24) is 4.98 Å². The fraction of sp³-hybridized carbons (Fsp3) is 0.292. The van der Waals surface area contributed by atoms with Gasteiger partial charge in [-0.25, -0.2) is 4.98 Å². The Labute approximate surface area is 196 Å². The number of nitrogens with zero attached hydrogens (tertiary/aromatic N) is 1. The highest BCUT2D eigenvalue weighted by Crippen LogP contribution is 2.29. The van der Waals surface area contributed by atoms with Gasteiger partial charge in [0.1, 0.15) is 5.75 Å². The van der Waals surface area contributed by atoms with Gasteiger partial charge in [0, 0.05) is 27.9 Å². The van der Waals surface area contributed by atoms with E-state index in [1.165, 1.54) is 23.1 Å². The molecule has 1 atom stereocenters. The van der Waals surface area contributed by atoms with Crippen molar-refractivity contribution in [2.75, 3.05) is 17.7 Å². The molecule has 1 unspecified atom stereocenters. The maximum atomic E-state index is 12.6. The Morgan fingerprint density at radius 1 is 1.09 bits per heavy atom. The number of hydrogen-bond donors (Lipinski definition) is 2. The van der Waals surface area contributed by atoms with Crippen LogP contribution >= 0.6 is 23.1 Å². The van der Waals surface area contributed by atoms with Gasteiger partial charge in [0.25, 0.3) is 0 Å². The first-order chi connectivity index (χ1) is 15.5. The third-order valence-corrected chi connectivity index (χ3v) is 6.57. The second-order valence-electron chi connectivity index (χ2n) is 7.19. The molecule has 0 fully saturated rings. The Kier molecular flexibility index (Phi) is 8.70. The number of amides is 2. The van der Waals surface area contributed by atoms with Crippen LogP contribution in [0.5, 0.6) is 5.75 Å². The van der Waals surface area contributed by atoms with E-state index in [2.05, 4.69) is 22.5 Å². The van der Waals surface area contributed by atoms with Crippen LogP contribution in [0.25, 0.3) is 11.3 Å². The molecule has 32 heavy (non-hydrogen) atoms. The molecule has 2 amide bonds. The van der Waals surface area contributed by atoms with E-state index < -0.39 is 0 Å². The van der Waals surface area contributed by atoms with Gasteiger partial charge in [0.05, 0.1) is 18.1 Å². The van der Waals surface area contributed by atoms with Crippen molar-refractivity contribution in [1.29, 1.82) is 0 Å². The summed E-state index contributed by atoms with van der Waals surface area (Å²) in [6.07, 6.45) is 2.40. The van der Waals surface area contributed by atoms with Crippen LogP contribution in [0.2, 0.25) is 0 Å². The lowest BCUT2D eigenvalue weighted by molar-refractivity contribution is -0.116. The quantitative estimate of drug-likeness (QED) is 0.352. The monoisotopic (exact) mass is 469 g/mol. The summed E-state index contributed by atoms with van der Waals surface area (Å²) in [5.74, 6) is 0.704. The van der Waals surface area contributed by atoms with E-state index >= 15 is 0 Å². The minimum atomic E-state index is -0.298. The smallest absolute Gasteiger partial charge is 0.239 e. The summed E-state index contributed by atoms with van der Waals surface area (Å²) in [5.41, 5.74) is 2.54. The van der Waals surface area contributed by atoms with Gasteiger partial charge >= 0.3 is 0 Å². The number of benzene rings is 2. The van der Waals surface area contributed by atoms with Crippen LogP contribution < -0.4 is 15.4 Å². The van der Waals surface area contributed by atoms with Crippen LogP contribution in [0.15, 0.2) is 58.8 Å². The van der Waals surface area contributed by atoms with Crippen molar-refractivity contribution in [2.24, 2.45) is 0 Å². The molecule has 0 bridgehead atoms. The Hall–Kier alpha value is -2.84. The molecule has 0 radical (unpaired) electrons. The van der Waals surface area contributed by atoms with Gasteiger partial charge in [-0.2, -0.15) is 0 Å². The van der Waals surface area contributed by atoms with Gasteiger partial charge in [-0.05, 0) is 61.9 Å². The molecule has 0 saturated heterocycles. The molecule has 0 aliphatic heterocycles. The van der Waals surface area contributed by atoms with Crippen molar-refractivity contribution in [3.05, 3.63) is 53.9 Å². The average Bonchev–Trinajstić information content (AvgIpc) is 3.27. The lowest BCUT2D eigenvalue weighted by atomic mass is 10.2. The second kappa shape index (κ2) is 11.7. The molecular weight excluding hydrogens is 442 g/mol. The van der Waals surface area contributed by atoms with Crippen LogP contribution in [0.4, 0.5) is 10.8 Å². The zero-order valence-corrected chi connectivity index (χ0v) is 20.0. The van der Waals surface area contributed by atoms with Crippen LogP contribution in [0.3, 0.4) is 0 Å². The lowest BCUT2D eigenvalue weighted by Gasteiger charge is -2.11. The van der Waals surface area contributed by atoms with E-state index in [0.717, 1.165) is 40.4 Å². The number of methoxy groups -OCH3 is 1. The van der Waals surface area contributed by atoms with Crippen molar-refractivity contribution >= 4 is 45.7 Å². The van der Waals surface area contributed by atoms with Gasteiger partial charge in [-0.1, -0.05) is 13.3 Å². The summed E-state index contributed by atoms with van der Waals surface area (Å²) in [6.45, 7) is 3.92. The SMILES string of the molecule is CCCCC(=O)Nc1ccc(SC(C)C(=O)Nc2nc(-c3ccc(OC)cc3)cs2)cc1. The molecule has 0 aliphatic carbocycles. The summed E-state index contributed by atoms with van der Waals surface area (Å²) < 4.78 is 5.18. The highest BCUT2D eigenvalue weighted by Gasteiger charge is 2.16. The number of anilines is 2. The number of hydrogen-bond acceptors (Lipinski definition) is 6.